The van der Waals surface area contributed by atoms with E-state index in [1.165, 1.54) is 0 Å². The van der Waals surface area contributed by atoms with Gasteiger partial charge in [-0.3, -0.25) is 10.4 Å². The zero-order valence-electron chi connectivity index (χ0n) is 16.8. The van der Waals surface area contributed by atoms with Crippen LogP contribution in [0.5, 0.6) is 11.5 Å². The highest BCUT2D eigenvalue weighted by atomic mass is 16.5. The van der Waals surface area contributed by atoms with Crippen molar-refractivity contribution < 1.29 is 9.47 Å². The number of aryl methyl sites for hydroxylation is 1. The summed E-state index contributed by atoms with van der Waals surface area (Å²) < 4.78 is 11.1. The van der Waals surface area contributed by atoms with Gasteiger partial charge < -0.3 is 9.47 Å². The molecule has 0 amide bonds. The third kappa shape index (κ3) is 3.85. The van der Waals surface area contributed by atoms with E-state index < -0.39 is 0 Å². The van der Waals surface area contributed by atoms with Crippen molar-refractivity contribution in [3.63, 3.8) is 0 Å². The average Bonchev–Trinajstić information content (AvgIpc) is 2.73. The van der Waals surface area contributed by atoms with E-state index in [9.17, 15) is 0 Å². The summed E-state index contributed by atoms with van der Waals surface area (Å²) in [5, 5.41) is 7.64. The van der Waals surface area contributed by atoms with Crippen LogP contribution in [0.3, 0.4) is 0 Å². The van der Waals surface area contributed by atoms with Crippen molar-refractivity contribution in [3.8, 4) is 11.5 Å². The van der Waals surface area contributed by atoms with Crippen LogP contribution in [0.15, 0.2) is 65.8 Å². The fraction of sp³-hybridized carbons (Fsp3) is 0.167. The third-order valence-corrected chi connectivity index (χ3v) is 4.75. The van der Waals surface area contributed by atoms with Crippen LogP contribution >= 0.6 is 0 Å². The molecule has 146 valence electrons. The minimum absolute atomic E-state index is 0.628. The van der Waals surface area contributed by atoms with E-state index >= 15 is 0 Å². The van der Waals surface area contributed by atoms with E-state index in [1.807, 2.05) is 68.6 Å². The summed E-state index contributed by atoms with van der Waals surface area (Å²) >= 11 is 0. The summed E-state index contributed by atoms with van der Waals surface area (Å²) in [7, 11) is 1.69. The molecule has 0 fully saturated rings. The summed E-state index contributed by atoms with van der Waals surface area (Å²) in [4.78, 5) is 4.62. The van der Waals surface area contributed by atoms with Crippen LogP contribution < -0.4 is 14.9 Å². The van der Waals surface area contributed by atoms with Gasteiger partial charge in [-0.15, -0.1) is 0 Å². The molecule has 1 aromatic heterocycles. The predicted molar refractivity (Wildman–Crippen MR) is 119 cm³/mol. The number of ether oxygens (including phenoxy) is 2. The van der Waals surface area contributed by atoms with Crippen LogP contribution in [0.25, 0.3) is 21.7 Å². The van der Waals surface area contributed by atoms with Crippen molar-refractivity contribution in [3.05, 3.63) is 71.9 Å². The minimum atomic E-state index is 0.628. The van der Waals surface area contributed by atoms with Gasteiger partial charge >= 0.3 is 0 Å². The van der Waals surface area contributed by atoms with Gasteiger partial charge in [0, 0.05) is 28.1 Å². The van der Waals surface area contributed by atoms with E-state index in [-0.39, 0.29) is 0 Å². The molecule has 0 bridgehead atoms. The van der Waals surface area contributed by atoms with Crippen LogP contribution in [-0.2, 0) is 0 Å². The van der Waals surface area contributed by atoms with E-state index in [4.69, 9.17) is 9.47 Å². The lowest BCUT2D eigenvalue weighted by Gasteiger charge is -2.10. The fourth-order valence-corrected chi connectivity index (χ4v) is 3.45. The molecule has 0 aliphatic rings. The minimum Gasteiger partial charge on any atom is -0.496 e. The Labute approximate surface area is 170 Å². The lowest BCUT2D eigenvalue weighted by molar-refractivity contribution is 0.340. The van der Waals surface area contributed by atoms with E-state index in [0.717, 1.165) is 50.1 Å². The molecule has 4 rings (SSSR count). The molecule has 0 saturated carbocycles. The van der Waals surface area contributed by atoms with Gasteiger partial charge in [0.1, 0.15) is 11.5 Å². The molecule has 0 spiro atoms. The molecule has 1 heterocycles. The highest BCUT2D eigenvalue weighted by Crippen LogP contribution is 2.29. The molecule has 0 atom stereocenters. The molecular formula is C24H23N3O2. The Bertz CT molecular complexity index is 1200. The molecule has 4 aromatic rings. The standard InChI is InChI=1S/C24H23N3O2/c1-4-29-18-10-11-21-22(14-18)26-16(2)13-23(21)27-25-15-17-9-12-24(28-3)20-8-6-5-7-19(17)20/h5-15H,4H2,1-3H3,(H,26,27)/b25-15+. The zero-order valence-corrected chi connectivity index (χ0v) is 16.8. The summed E-state index contributed by atoms with van der Waals surface area (Å²) in [6.45, 7) is 4.57. The first-order chi connectivity index (χ1) is 14.2. The Morgan fingerprint density at radius 3 is 2.62 bits per heavy atom. The molecule has 0 radical (unpaired) electrons. The first-order valence-electron chi connectivity index (χ1n) is 9.58. The number of rotatable bonds is 6. The Morgan fingerprint density at radius 1 is 1.00 bits per heavy atom. The molecule has 3 aromatic carbocycles. The van der Waals surface area contributed by atoms with E-state index in [1.54, 1.807) is 7.11 Å². The molecule has 0 aliphatic carbocycles. The zero-order chi connectivity index (χ0) is 20.2. The smallest absolute Gasteiger partial charge is 0.126 e. The number of aromatic nitrogens is 1. The second kappa shape index (κ2) is 8.19. The van der Waals surface area contributed by atoms with Gasteiger partial charge in [-0.05, 0) is 49.6 Å². The van der Waals surface area contributed by atoms with Crippen LogP contribution in [0.2, 0.25) is 0 Å². The summed E-state index contributed by atoms with van der Waals surface area (Å²) in [5.41, 5.74) is 6.90. The monoisotopic (exact) mass is 385 g/mol. The quantitative estimate of drug-likeness (QED) is 0.349. The Kier molecular flexibility index (Phi) is 5.29. The molecule has 0 aliphatic heterocycles. The molecule has 0 unspecified atom stereocenters. The number of benzene rings is 3. The van der Waals surface area contributed by atoms with Crippen molar-refractivity contribution in [2.75, 3.05) is 19.1 Å². The molecule has 5 heteroatoms. The highest BCUT2D eigenvalue weighted by Gasteiger charge is 2.07. The van der Waals surface area contributed by atoms with Gasteiger partial charge in [0.05, 0.1) is 31.1 Å². The van der Waals surface area contributed by atoms with Gasteiger partial charge in [-0.2, -0.15) is 5.10 Å². The predicted octanol–water partition coefficient (Wildman–Crippen LogP) is 5.55. The maximum absolute atomic E-state index is 5.59. The molecule has 1 N–H and O–H groups in total. The van der Waals surface area contributed by atoms with Crippen LogP contribution in [0.1, 0.15) is 18.2 Å². The number of pyridine rings is 1. The number of fused-ring (bicyclic) bond motifs is 2. The number of methoxy groups -OCH3 is 1. The number of nitrogens with one attached hydrogen (secondary N) is 1. The number of nitrogens with zero attached hydrogens (tertiary/aromatic N) is 2. The normalized spacial score (nSPS) is 11.3. The van der Waals surface area contributed by atoms with Crippen molar-refractivity contribution in [2.45, 2.75) is 13.8 Å². The van der Waals surface area contributed by atoms with Gasteiger partial charge in [0.25, 0.3) is 0 Å². The lowest BCUT2D eigenvalue weighted by Crippen LogP contribution is -1.97. The van der Waals surface area contributed by atoms with E-state index in [0.29, 0.717) is 6.61 Å². The largest absolute Gasteiger partial charge is 0.496 e. The number of hydrogen-bond donors (Lipinski definition) is 1. The molecule has 0 saturated heterocycles. The van der Waals surface area contributed by atoms with Crippen molar-refractivity contribution in [1.29, 1.82) is 0 Å². The Hall–Kier alpha value is -3.60. The molecular weight excluding hydrogens is 362 g/mol. The Morgan fingerprint density at radius 2 is 1.83 bits per heavy atom. The van der Waals surface area contributed by atoms with Crippen LogP contribution in [0, 0.1) is 6.92 Å². The van der Waals surface area contributed by atoms with Crippen LogP contribution in [-0.4, -0.2) is 24.9 Å². The summed E-state index contributed by atoms with van der Waals surface area (Å²) in [6.07, 6.45) is 1.83. The van der Waals surface area contributed by atoms with Crippen molar-refractivity contribution in [2.24, 2.45) is 5.10 Å². The third-order valence-electron chi connectivity index (χ3n) is 4.75. The van der Waals surface area contributed by atoms with Crippen molar-refractivity contribution >= 4 is 33.6 Å². The molecule has 29 heavy (non-hydrogen) atoms. The fourth-order valence-electron chi connectivity index (χ4n) is 3.45. The van der Waals surface area contributed by atoms with E-state index in [2.05, 4.69) is 27.6 Å². The summed E-state index contributed by atoms with van der Waals surface area (Å²) in [5.74, 6) is 1.67. The van der Waals surface area contributed by atoms with Gasteiger partial charge in [-0.25, -0.2) is 0 Å². The molecule has 5 nitrogen and oxygen atoms in total. The first kappa shape index (κ1) is 18.7. The maximum Gasteiger partial charge on any atom is 0.126 e. The number of hydrazone groups is 1. The van der Waals surface area contributed by atoms with Crippen molar-refractivity contribution in [1.82, 2.24) is 4.98 Å². The van der Waals surface area contributed by atoms with Gasteiger partial charge in [0.15, 0.2) is 0 Å². The van der Waals surface area contributed by atoms with Gasteiger partial charge in [-0.1, -0.05) is 24.3 Å². The Balaban J connectivity index is 1.66. The topological polar surface area (TPSA) is 55.7 Å². The number of hydrogen-bond acceptors (Lipinski definition) is 5. The van der Waals surface area contributed by atoms with Crippen LogP contribution in [0.4, 0.5) is 5.69 Å². The maximum atomic E-state index is 5.59. The number of anilines is 1. The lowest BCUT2D eigenvalue weighted by atomic mass is 10.0. The second-order valence-electron chi connectivity index (χ2n) is 6.70. The second-order valence-corrected chi connectivity index (χ2v) is 6.70. The highest BCUT2D eigenvalue weighted by molar-refractivity contribution is 6.02. The first-order valence-corrected chi connectivity index (χ1v) is 9.58. The average molecular weight is 385 g/mol. The SMILES string of the molecule is CCOc1ccc2c(N/N=C/c3ccc(OC)c4ccccc34)cc(C)nc2c1. The summed E-state index contributed by atoms with van der Waals surface area (Å²) in [6, 6.07) is 20.0. The van der Waals surface area contributed by atoms with Gasteiger partial charge in [0.2, 0.25) is 0 Å².